The number of hydrogen-bond donors (Lipinski definition) is 0. The molecule has 0 amide bonds. The van der Waals surface area contributed by atoms with E-state index in [0.717, 1.165) is 0 Å². The Kier molecular flexibility index (Phi) is 5.03. The highest BCUT2D eigenvalue weighted by Gasteiger charge is 2.84. The largest absolute Gasteiger partial charge is 0.482 e. The van der Waals surface area contributed by atoms with E-state index in [-0.39, 0.29) is 25.7 Å². The van der Waals surface area contributed by atoms with Gasteiger partial charge in [-0.1, -0.05) is 0 Å². The van der Waals surface area contributed by atoms with Crippen molar-refractivity contribution in [3.8, 4) is 0 Å². The molecule has 0 aromatic carbocycles. The van der Waals surface area contributed by atoms with E-state index in [4.69, 9.17) is 0 Å². The summed E-state index contributed by atoms with van der Waals surface area (Å²) in [4.78, 5) is -2.96. The van der Waals surface area contributed by atoms with E-state index in [1.165, 1.54) is 0 Å². The molecule has 3 nitrogen and oxygen atoms in total. The van der Waals surface area contributed by atoms with E-state index < -0.39 is 53.2 Å². The van der Waals surface area contributed by atoms with Gasteiger partial charge in [0.05, 0.1) is 6.10 Å². The second-order valence-corrected chi connectivity index (χ2v) is 5.70. The quantitative estimate of drug-likeness (QED) is 0.345. The van der Waals surface area contributed by atoms with Gasteiger partial charge in [-0.05, 0) is 25.7 Å². The Balaban J connectivity index is 2.63. The maximum Gasteiger partial charge on any atom is 0.453 e. The lowest BCUT2D eigenvalue weighted by Gasteiger charge is -2.47. The van der Waals surface area contributed by atoms with E-state index in [1.54, 1.807) is 0 Å². The number of halogens is 12. The second-order valence-electron chi connectivity index (χ2n) is 5.70. The van der Waals surface area contributed by atoms with Crippen LogP contribution in [0.2, 0.25) is 0 Å². The van der Waals surface area contributed by atoms with Gasteiger partial charge in [0, 0.05) is 0 Å². The van der Waals surface area contributed by atoms with Crippen LogP contribution >= 0.6 is 0 Å². The van der Waals surface area contributed by atoms with Gasteiger partial charge in [-0.3, -0.25) is 0 Å². The van der Waals surface area contributed by atoms with E-state index in [1.807, 2.05) is 0 Å². The zero-order valence-corrected chi connectivity index (χ0v) is 12.7. The van der Waals surface area contributed by atoms with Crippen LogP contribution in [0.5, 0.6) is 0 Å². The molecular weight excluding hydrogens is 418 g/mol. The van der Waals surface area contributed by atoms with Gasteiger partial charge in [0.25, 0.3) is 5.76 Å². The van der Waals surface area contributed by atoms with Gasteiger partial charge in [-0.25, -0.2) is 9.64 Å². The average molecular weight is 427 g/mol. The fourth-order valence-corrected chi connectivity index (χ4v) is 2.47. The van der Waals surface area contributed by atoms with E-state index >= 15 is 0 Å². The van der Waals surface area contributed by atoms with Crippen molar-refractivity contribution in [1.29, 1.82) is 0 Å². The smallest absolute Gasteiger partial charge is 0.453 e. The van der Waals surface area contributed by atoms with Gasteiger partial charge in [0.2, 0.25) is 5.95 Å². The monoisotopic (exact) mass is 427 g/mol. The molecule has 2 aliphatic rings. The predicted octanol–water partition coefficient (Wildman–Crippen LogP) is 5.35. The minimum Gasteiger partial charge on any atom is -0.482 e. The lowest BCUT2D eigenvalue weighted by atomic mass is 10.2. The van der Waals surface area contributed by atoms with Crippen LogP contribution < -0.4 is 0 Å². The maximum absolute atomic E-state index is 14.1. The normalized spacial score (nSPS) is 28.1. The first kappa shape index (κ1) is 21.8. The van der Waals surface area contributed by atoms with Crippen LogP contribution in [0.4, 0.5) is 52.7 Å². The fraction of sp³-hybridized carbons (Fsp3) is 0.833. The molecule has 27 heavy (non-hydrogen) atoms. The van der Waals surface area contributed by atoms with Crippen LogP contribution in [0, 0.1) is 0 Å². The number of allylic oxidation sites excluding steroid dienone is 1. The number of rotatable bonds is 3. The number of morpholine rings is 1. The molecular formula is C12H9F12NO2. The van der Waals surface area contributed by atoms with Crippen molar-refractivity contribution in [2.24, 2.45) is 0 Å². The summed E-state index contributed by atoms with van der Waals surface area (Å²) in [5.41, 5.74) is 0. The number of hydrogen-bond acceptors (Lipinski definition) is 3. The zero-order chi connectivity index (χ0) is 21.1. The highest BCUT2D eigenvalue weighted by molar-refractivity contribution is 5.13. The minimum absolute atomic E-state index is 0.158. The summed E-state index contributed by atoms with van der Waals surface area (Å²) >= 11 is 0. The molecule has 0 aromatic heterocycles. The number of alkyl halides is 11. The van der Waals surface area contributed by atoms with Crippen LogP contribution in [0.25, 0.3) is 0 Å². The van der Waals surface area contributed by atoms with Crippen molar-refractivity contribution in [3.63, 3.8) is 0 Å². The molecule has 1 saturated heterocycles. The zero-order valence-electron chi connectivity index (χ0n) is 12.7. The van der Waals surface area contributed by atoms with Crippen molar-refractivity contribution in [3.05, 3.63) is 11.7 Å². The van der Waals surface area contributed by atoms with Crippen LogP contribution in [-0.4, -0.2) is 41.5 Å². The molecule has 0 N–H and O–H groups in total. The lowest BCUT2D eigenvalue weighted by molar-refractivity contribution is -0.559. The SMILES string of the molecule is FC(=C(OC1CCCC1)C(F)(F)F)N1C(F)(F)C(F)(F)OC(F)(F)C1(F)F. The first-order chi connectivity index (χ1) is 12.0. The van der Waals surface area contributed by atoms with Crippen LogP contribution in [-0.2, 0) is 9.47 Å². The molecule has 0 atom stereocenters. The Hall–Kier alpha value is -1.54. The van der Waals surface area contributed by atoms with Crippen LogP contribution in [0.1, 0.15) is 25.7 Å². The third kappa shape index (κ3) is 3.49. The summed E-state index contributed by atoms with van der Waals surface area (Å²) in [5.74, 6) is -6.98. The highest BCUT2D eigenvalue weighted by atomic mass is 19.4. The van der Waals surface area contributed by atoms with Gasteiger partial charge in [-0.15, -0.1) is 0 Å². The number of ether oxygens (including phenoxy) is 2. The first-order valence-corrected chi connectivity index (χ1v) is 7.10. The summed E-state index contributed by atoms with van der Waals surface area (Å²) in [7, 11) is 0. The standard InChI is InChI=1S/C12H9F12NO2/c13-7(6(8(14,15)16)26-5-3-1-2-4-5)25-9(17,18)11(21,22)27-12(23,24)10(25,19)20/h5H,1-4H2. The Labute approximate surface area is 142 Å². The molecule has 0 unspecified atom stereocenters. The molecule has 0 aromatic rings. The number of nitrogens with zero attached hydrogens (tertiary/aromatic N) is 1. The molecule has 1 aliphatic carbocycles. The van der Waals surface area contributed by atoms with Gasteiger partial charge in [0.15, 0.2) is 0 Å². The molecule has 158 valence electrons. The molecule has 1 heterocycles. The summed E-state index contributed by atoms with van der Waals surface area (Å²) in [5, 5.41) is 0. The van der Waals surface area contributed by atoms with Crippen molar-refractivity contribution >= 4 is 0 Å². The van der Waals surface area contributed by atoms with Crippen molar-refractivity contribution in [2.75, 3.05) is 0 Å². The van der Waals surface area contributed by atoms with Gasteiger partial charge >= 0.3 is 30.5 Å². The summed E-state index contributed by atoms with van der Waals surface area (Å²) in [6, 6.07) is -13.2. The predicted molar refractivity (Wildman–Crippen MR) is 60.2 cm³/mol. The van der Waals surface area contributed by atoms with Crippen LogP contribution in [0.3, 0.4) is 0 Å². The molecule has 1 saturated carbocycles. The van der Waals surface area contributed by atoms with E-state index in [9.17, 15) is 52.7 Å². The second kappa shape index (κ2) is 6.24. The average Bonchev–Trinajstić information content (AvgIpc) is 2.93. The third-order valence-electron chi connectivity index (χ3n) is 3.75. The molecule has 2 rings (SSSR count). The van der Waals surface area contributed by atoms with Crippen molar-refractivity contribution in [2.45, 2.75) is 62.3 Å². The summed E-state index contributed by atoms with van der Waals surface area (Å²) in [6.07, 6.45) is -20.2. The fourth-order valence-electron chi connectivity index (χ4n) is 2.47. The topological polar surface area (TPSA) is 21.7 Å². The summed E-state index contributed by atoms with van der Waals surface area (Å²) < 4.78 is 165. The highest BCUT2D eigenvalue weighted by Crippen LogP contribution is 2.58. The molecule has 0 spiro atoms. The third-order valence-corrected chi connectivity index (χ3v) is 3.75. The van der Waals surface area contributed by atoms with Crippen molar-refractivity contribution in [1.82, 2.24) is 4.90 Å². The molecule has 1 aliphatic heterocycles. The lowest BCUT2D eigenvalue weighted by Crippen LogP contribution is -2.73. The van der Waals surface area contributed by atoms with Gasteiger partial charge in [0.1, 0.15) is 0 Å². The van der Waals surface area contributed by atoms with E-state index in [0.29, 0.717) is 0 Å². The Morgan fingerprint density at radius 2 is 1.26 bits per heavy atom. The van der Waals surface area contributed by atoms with Crippen LogP contribution in [0.15, 0.2) is 11.7 Å². The molecule has 2 fully saturated rings. The Morgan fingerprint density at radius 3 is 1.63 bits per heavy atom. The van der Waals surface area contributed by atoms with Gasteiger partial charge in [-0.2, -0.15) is 52.7 Å². The minimum atomic E-state index is -6.61. The maximum atomic E-state index is 14.1. The molecule has 0 radical (unpaired) electrons. The van der Waals surface area contributed by atoms with E-state index in [2.05, 4.69) is 9.47 Å². The Bertz CT molecular complexity index is 582. The first-order valence-electron chi connectivity index (χ1n) is 7.10. The molecule has 15 heteroatoms. The Morgan fingerprint density at radius 1 is 0.852 bits per heavy atom. The van der Waals surface area contributed by atoms with Crippen molar-refractivity contribution < 1.29 is 62.2 Å². The molecule has 0 bridgehead atoms. The van der Waals surface area contributed by atoms with Gasteiger partial charge < -0.3 is 4.74 Å². The summed E-state index contributed by atoms with van der Waals surface area (Å²) in [6.45, 7) is 0.